The van der Waals surface area contributed by atoms with Crippen LogP contribution in [0.4, 0.5) is 4.79 Å². The Morgan fingerprint density at radius 1 is 1.21 bits per heavy atom. The van der Waals surface area contributed by atoms with Gasteiger partial charge in [0.05, 0.1) is 5.54 Å². The molecule has 0 radical (unpaired) electrons. The lowest BCUT2D eigenvalue weighted by atomic mass is 10.1. The molecule has 0 bridgehead atoms. The zero-order valence-electron chi connectivity index (χ0n) is 13.4. The summed E-state index contributed by atoms with van der Waals surface area (Å²) in [7, 11) is 0. The maximum atomic E-state index is 12.7. The van der Waals surface area contributed by atoms with E-state index in [0.29, 0.717) is 24.7 Å². The molecule has 24 heavy (non-hydrogen) atoms. The number of urea groups is 1. The first-order valence-corrected chi connectivity index (χ1v) is 8.80. The van der Waals surface area contributed by atoms with Crippen LogP contribution in [-0.4, -0.2) is 60.5 Å². The van der Waals surface area contributed by atoms with Gasteiger partial charge >= 0.3 is 6.03 Å². The summed E-state index contributed by atoms with van der Waals surface area (Å²) in [6.07, 6.45) is 1.87. The molecule has 2 N–H and O–H groups in total. The van der Waals surface area contributed by atoms with Crippen LogP contribution < -0.4 is 10.6 Å². The van der Waals surface area contributed by atoms with Crippen LogP contribution >= 0.6 is 11.6 Å². The molecule has 2 aliphatic heterocycles. The summed E-state index contributed by atoms with van der Waals surface area (Å²) in [4.78, 5) is 28.7. The lowest BCUT2D eigenvalue weighted by molar-refractivity contribution is -0.131. The number of halogens is 1. The average molecular weight is 349 g/mol. The van der Waals surface area contributed by atoms with Crippen LogP contribution in [0.5, 0.6) is 0 Å². The minimum atomic E-state index is -0.270. The highest BCUT2D eigenvalue weighted by Gasteiger charge is 2.47. The Morgan fingerprint density at radius 2 is 1.96 bits per heavy atom. The summed E-state index contributed by atoms with van der Waals surface area (Å²) in [5.41, 5.74) is 0.822. The molecule has 1 aromatic rings. The number of carbonyl (C=O) groups is 2. The number of benzene rings is 1. The van der Waals surface area contributed by atoms with Crippen LogP contribution in [0.3, 0.4) is 0 Å². The fourth-order valence-corrected chi connectivity index (χ4v) is 3.75. The van der Waals surface area contributed by atoms with Crippen LogP contribution in [0.25, 0.3) is 0 Å². The summed E-state index contributed by atoms with van der Waals surface area (Å²) in [6, 6.07) is 7.36. The first-order chi connectivity index (χ1) is 11.6. The van der Waals surface area contributed by atoms with Gasteiger partial charge in [-0.05, 0) is 30.5 Å². The highest BCUT2D eigenvalue weighted by atomic mass is 35.5. The molecule has 3 fully saturated rings. The van der Waals surface area contributed by atoms with Crippen LogP contribution in [0.15, 0.2) is 24.3 Å². The molecular formula is C17H21ClN4O2. The SMILES string of the molecule is O=C1NCCN2CCN(C(=O)NC3(c4ccc(Cl)cc4)CC3)C[C@H]12. The van der Waals surface area contributed by atoms with E-state index < -0.39 is 0 Å². The molecule has 1 aliphatic carbocycles. The number of piperazine rings is 2. The van der Waals surface area contributed by atoms with Crippen LogP contribution in [0.1, 0.15) is 18.4 Å². The summed E-state index contributed by atoms with van der Waals surface area (Å²) >= 11 is 5.95. The van der Waals surface area contributed by atoms with Gasteiger partial charge in [0.1, 0.15) is 6.04 Å². The van der Waals surface area contributed by atoms with Gasteiger partial charge in [-0.15, -0.1) is 0 Å². The number of nitrogens with zero attached hydrogens (tertiary/aromatic N) is 2. The van der Waals surface area contributed by atoms with Gasteiger partial charge in [-0.25, -0.2) is 4.79 Å². The third kappa shape index (κ3) is 2.84. The van der Waals surface area contributed by atoms with Gasteiger partial charge < -0.3 is 15.5 Å². The second-order valence-electron chi connectivity index (χ2n) is 6.81. The molecule has 128 valence electrons. The number of hydrogen-bond donors (Lipinski definition) is 2. The van der Waals surface area contributed by atoms with Crippen molar-refractivity contribution in [2.45, 2.75) is 24.4 Å². The molecule has 0 aromatic heterocycles. The lowest BCUT2D eigenvalue weighted by Gasteiger charge is -2.43. The fraction of sp³-hybridized carbons (Fsp3) is 0.529. The molecule has 1 aromatic carbocycles. The zero-order chi connectivity index (χ0) is 16.7. The van der Waals surface area contributed by atoms with Crippen molar-refractivity contribution in [2.75, 3.05) is 32.7 Å². The maximum Gasteiger partial charge on any atom is 0.318 e. The third-order valence-electron chi connectivity index (χ3n) is 5.27. The van der Waals surface area contributed by atoms with E-state index >= 15 is 0 Å². The number of rotatable bonds is 2. The van der Waals surface area contributed by atoms with E-state index in [1.165, 1.54) is 0 Å². The Morgan fingerprint density at radius 3 is 2.67 bits per heavy atom. The number of nitrogens with one attached hydrogen (secondary N) is 2. The Bertz CT molecular complexity index is 659. The molecule has 2 saturated heterocycles. The predicted molar refractivity (Wildman–Crippen MR) is 90.8 cm³/mol. The van der Waals surface area contributed by atoms with E-state index in [2.05, 4.69) is 15.5 Å². The zero-order valence-corrected chi connectivity index (χ0v) is 14.2. The monoisotopic (exact) mass is 348 g/mol. The van der Waals surface area contributed by atoms with Crippen molar-refractivity contribution >= 4 is 23.5 Å². The first-order valence-electron chi connectivity index (χ1n) is 8.42. The second-order valence-corrected chi connectivity index (χ2v) is 7.24. The van der Waals surface area contributed by atoms with Gasteiger partial charge in [-0.1, -0.05) is 23.7 Å². The van der Waals surface area contributed by atoms with Crippen molar-refractivity contribution < 1.29 is 9.59 Å². The van der Waals surface area contributed by atoms with Crippen LogP contribution in [-0.2, 0) is 10.3 Å². The normalized spacial score (nSPS) is 25.6. The summed E-state index contributed by atoms with van der Waals surface area (Å²) < 4.78 is 0. The topological polar surface area (TPSA) is 64.7 Å². The summed E-state index contributed by atoms with van der Waals surface area (Å²) in [5, 5.41) is 6.75. The predicted octanol–water partition coefficient (Wildman–Crippen LogP) is 1.15. The smallest absolute Gasteiger partial charge is 0.318 e. The number of hydrogen-bond acceptors (Lipinski definition) is 3. The van der Waals surface area contributed by atoms with E-state index in [4.69, 9.17) is 11.6 Å². The van der Waals surface area contributed by atoms with Gasteiger partial charge in [-0.2, -0.15) is 0 Å². The van der Waals surface area contributed by atoms with Gasteiger partial charge in [0.15, 0.2) is 0 Å². The molecule has 3 amide bonds. The minimum Gasteiger partial charge on any atom is -0.353 e. The first kappa shape index (κ1) is 15.7. The highest BCUT2D eigenvalue weighted by molar-refractivity contribution is 6.30. The Balaban J connectivity index is 1.43. The van der Waals surface area contributed by atoms with E-state index in [1.54, 1.807) is 4.90 Å². The van der Waals surface area contributed by atoms with E-state index in [1.807, 2.05) is 24.3 Å². The molecule has 1 atom stereocenters. The standard InChI is InChI=1S/C17H21ClN4O2/c18-13-3-1-12(2-4-13)17(5-6-17)20-16(24)22-10-9-21-8-7-19-15(23)14(21)11-22/h1-4,14H,5-11H2,(H,19,23)(H,20,24)/t14-/m1/s1. The quantitative estimate of drug-likeness (QED) is 0.843. The second kappa shape index (κ2) is 5.93. The van der Waals surface area contributed by atoms with Crippen molar-refractivity contribution in [1.29, 1.82) is 0 Å². The molecule has 2 heterocycles. The van der Waals surface area contributed by atoms with Crippen LogP contribution in [0, 0.1) is 0 Å². The van der Waals surface area contributed by atoms with Crippen molar-refractivity contribution in [3.05, 3.63) is 34.9 Å². The Labute approximate surface area is 146 Å². The average Bonchev–Trinajstić information content (AvgIpc) is 3.36. The van der Waals surface area contributed by atoms with Crippen molar-refractivity contribution in [3.8, 4) is 0 Å². The summed E-state index contributed by atoms with van der Waals surface area (Å²) in [6.45, 7) is 3.42. The maximum absolute atomic E-state index is 12.7. The van der Waals surface area contributed by atoms with E-state index in [-0.39, 0.29) is 23.5 Å². The van der Waals surface area contributed by atoms with Crippen molar-refractivity contribution in [2.24, 2.45) is 0 Å². The Kier molecular flexibility index (Phi) is 3.89. The fourth-order valence-electron chi connectivity index (χ4n) is 3.63. The van der Waals surface area contributed by atoms with Crippen molar-refractivity contribution in [3.63, 3.8) is 0 Å². The van der Waals surface area contributed by atoms with Gasteiger partial charge in [0.25, 0.3) is 0 Å². The van der Waals surface area contributed by atoms with Crippen molar-refractivity contribution in [1.82, 2.24) is 20.4 Å². The minimum absolute atomic E-state index is 0.0255. The number of carbonyl (C=O) groups excluding carboxylic acids is 2. The number of fused-ring (bicyclic) bond motifs is 1. The van der Waals surface area contributed by atoms with Gasteiger partial charge in [0.2, 0.25) is 5.91 Å². The van der Waals surface area contributed by atoms with E-state index in [9.17, 15) is 9.59 Å². The third-order valence-corrected chi connectivity index (χ3v) is 5.52. The van der Waals surface area contributed by atoms with Gasteiger partial charge in [-0.3, -0.25) is 9.69 Å². The molecule has 0 spiro atoms. The highest BCUT2D eigenvalue weighted by Crippen LogP contribution is 2.45. The molecule has 7 heteroatoms. The molecule has 6 nitrogen and oxygen atoms in total. The molecule has 1 saturated carbocycles. The largest absolute Gasteiger partial charge is 0.353 e. The molecule has 4 rings (SSSR count). The van der Waals surface area contributed by atoms with Crippen LogP contribution in [0.2, 0.25) is 5.02 Å². The van der Waals surface area contributed by atoms with E-state index in [0.717, 1.165) is 31.5 Å². The lowest BCUT2D eigenvalue weighted by Crippen LogP contribution is -2.65. The Hall–Kier alpha value is -1.79. The number of amides is 3. The van der Waals surface area contributed by atoms with Gasteiger partial charge in [0, 0.05) is 37.7 Å². The molecule has 0 unspecified atom stereocenters. The molecular weight excluding hydrogens is 328 g/mol. The molecule has 3 aliphatic rings. The summed E-state index contributed by atoms with van der Waals surface area (Å²) in [5.74, 6) is 0.0255.